The lowest BCUT2D eigenvalue weighted by molar-refractivity contribution is 0.201. The Kier molecular flexibility index (Phi) is 8.31. The lowest BCUT2D eigenvalue weighted by atomic mass is 10.0. The Morgan fingerprint density at radius 2 is 1.76 bits per heavy atom. The second kappa shape index (κ2) is 11.6. The predicted octanol–water partition coefficient (Wildman–Crippen LogP) is 5.34. The van der Waals surface area contributed by atoms with E-state index in [1.807, 2.05) is 54.6 Å². The average molecular weight is 496 g/mol. The second-order valence-corrected chi connectivity index (χ2v) is 9.15. The maximum atomic E-state index is 9.01. The van der Waals surface area contributed by atoms with E-state index in [4.69, 9.17) is 38.3 Å². The second-order valence-electron chi connectivity index (χ2n) is 8.31. The van der Waals surface area contributed by atoms with Crippen molar-refractivity contribution in [2.75, 3.05) is 44.3 Å². The first-order valence-corrected chi connectivity index (χ1v) is 12.1. The lowest BCUT2D eigenvalue weighted by Crippen LogP contribution is -2.49. The summed E-state index contributed by atoms with van der Waals surface area (Å²) in [5.74, 6) is 0.645. The summed E-state index contributed by atoms with van der Waals surface area (Å²) in [6.45, 7) is 3.74. The number of hydrogen-bond acceptors (Lipinski definition) is 5. The Labute approximate surface area is 210 Å². The smallest absolute Gasteiger partial charge is 0.121 e. The van der Waals surface area contributed by atoms with Gasteiger partial charge < -0.3 is 14.7 Å². The zero-order valence-corrected chi connectivity index (χ0v) is 20.3. The molecule has 4 rings (SSSR count). The molecule has 1 N–H and O–H groups in total. The minimum absolute atomic E-state index is 0.0392. The Balaban J connectivity index is 1.52. The monoisotopic (exact) mass is 495 g/mol. The highest BCUT2D eigenvalue weighted by atomic mass is 35.5. The van der Waals surface area contributed by atoms with E-state index in [1.54, 1.807) is 0 Å². The Morgan fingerprint density at radius 3 is 2.44 bits per heavy atom. The summed E-state index contributed by atoms with van der Waals surface area (Å²) in [7, 11) is 0. The van der Waals surface area contributed by atoms with Crippen LogP contribution in [0.25, 0.3) is 0 Å². The molecule has 3 aromatic carbocycles. The first-order chi connectivity index (χ1) is 16.6. The third-order valence-electron chi connectivity index (χ3n) is 6.11. The van der Waals surface area contributed by atoms with Crippen molar-refractivity contribution in [3.05, 3.63) is 93.5 Å². The fourth-order valence-electron chi connectivity index (χ4n) is 4.31. The van der Waals surface area contributed by atoms with Crippen molar-refractivity contribution in [3.8, 4) is 11.8 Å². The van der Waals surface area contributed by atoms with Crippen LogP contribution in [0.15, 0.2) is 66.7 Å². The molecule has 34 heavy (non-hydrogen) atoms. The van der Waals surface area contributed by atoms with Crippen LogP contribution in [0.5, 0.6) is 5.75 Å². The topological polar surface area (TPSA) is 59.7 Å². The molecule has 1 aliphatic heterocycles. The van der Waals surface area contributed by atoms with Gasteiger partial charge in [-0.15, -0.1) is 0 Å². The summed E-state index contributed by atoms with van der Waals surface area (Å²) in [5, 5.41) is 19.4. The fourth-order valence-corrected chi connectivity index (χ4v) is 4.71. The number of nitriles is 1. The molecule has 0 saturated carbocycles. The van der Waals surface area contributed by atoms with Gasteiger partial charge >= 0.3 is 0 Å². The molecular weight excluding hydrogens is 469 g/mol. The van der Waals surface area contributed by atoms with Gasteiger partial charge in [-0.1, -0.05) is 47.5 Å². The SMILES string of the molecule is N#Cc1ccc(CCN2CCN(c3ccc(OCCO)cc3Cl)[C@H](c3ccc(Cl)cc3)C2)cc1. The molecule has 0 radical (unpaired) electrons. The summed E-state index contributed by atoms with van der Waals surface area (Å²) < 4.78 is 5.51. The third kappa shape index (κ3) is 6.02. The molecule has 3 aromatic rings. The van der Waals surface area contributed by atoms with E-state index < -0.39 is 0 Å². The van der Waals surface area contributed by atoms with Crippen molar-refractivity contribution in [1.82, 2.24) is 4.90 Å². The molecule has 1 atom stereocenters. The molecule has 5 nitrogen and oxygen atoms in total. The lowest BCUT2D eigenvalue weighted by Gasteiger charge is -2.43. The molecule has 0 spiro atoms. The number of anilines is 1. The zero-order chi connectivity index (χ0) is 23.9. The molecule has 0 amide bonds. The molecule has 7 heteroatoms. The fraction of sp³-hybridized carbons (Fsp3) is 0.296. The normalized spacial score (nSPS) is 16.3. The molecule has 1 fully saturated rings. The predicted molar refractivity (Wildman–Crippen MR) is 137 cm³/mol. The van der Waals surface area contributed by atoms with Gasteiger partial charge in [-0.05, 0) is 53.9 Å². The standard InChI is InChI=1S/C27H27Cl2N3O2/c28-23-7-5-22(6-8-23)27-19-31(12-11-20-1-3-21(18-30)4-2-20)13-14-32(27)26-10-9-24(17-25(26)29)34-16-15-33/h1-10,17,27,33H,11-16,19H2/t27-/m0/s1. The first-order valence-electron chi connectivity index (χ1n) is 11.3. The van der Waals surface area contributed by atoms with Crippen LogP contribution in [-0.2, 0) is 6.42 Å². The van der Waals surface area contributed by atoms with Crippen LogP contribution in [0.1, 0.15) is 22.7 Å². The largest absolute Gasteiger partial charge is 0.491 e. The van der Waals surface area contributed by atoms with E-state index in [0.29, 0.717) is 21.4 Å². The third-order valence-corrected chi connectivity index (χ3v) is 6.66. The number of aliphatic hydroxyl groups excluding tert-OH is 1. The number of hydrogen-bond donors (Lipinski definition) is 1. The van der Waals surface area contributed by atoms with Crippen LogP contribution in [0.2, 0.25) is 10.0 Å². The summed E-state index contributed by atoms with van der Waals surface area (Å²) >= 11 is 12.8. The van der Waals surface area contributed by atoms with Crippen molar-refractivity contribution in [3.63, 3.8) is 0 Å². The van der Waals surface area contributed by atoms with Crippen molar-refractivity contribution < 1.29 is 9.84 Å². The highest BCUT2D eigenvalue weighted by Gasteiger charge is 2.29. The number of nitrogens with zero attached hydrogens (tertiary/aromatic N) is 3. The van der Waals surface area contributed by atoms with E-state index in [2.05, 4.69) is 28.0 Å². The maximum Gasteiger partial charge on any atom is 0.121 e. The Bertz CT molecular complexity index is 1130. The van der Waals surface area contributed by atoms with Gasteiger partial charge in [0.25, 0.3) is 0 Å². The molecular formula is C27H27Cl2N3O2. The average Bonchev–Trinajstić information content (AvgIpc) is 2.87. The van der Waals surface area contributed by atoms with E-state index in [0.717, 1.165) is 38.3 Å². The van der Waals surface area contributed by atoms with E-state index in [9.17, 15) is 0 Å². The Hall–Kier alpha value is -2.75. The molecule has 0 unspecified atom stereocenters. The van der Waals surface area contributed by atoms with E-state index in [1.165, 1.54) is 11.1 Å². The zero-order valence-electron chi connectivity index (χ0n) is 18.8. The van der Waals surface area contributed by atoms with Gasteiger partial charge in [0.1, 0.15) is 12.4 Å². The minimum Gasteiger partial charge on any atom is -0.491 e. The van der Waals surface area contributed by atoms with E-state index in [-0.39, 0.29) is 19.3 Å². The molecule has 0 aromatic heterocycles. The molecule has 1 saturated heterocycles. The minimum atomic E-state index is -0.0392. The number of benzene rings is 3. The highest BCUT2D eigenvalue weighted by Crippen LogP contribution is 2.37. The summed E-state index contributed by atoms with van der Waals surface area (Å²) in [4.78, 5) is 4.82. The molecule has 0 aliphatic carbocycles. The van der Waals surface area contributed by atoms with Crippen LogP contribution in [-0.4, -0.2) is 49.4 Å². The van der Waals surface area contributed by atoms with Crippen molar-refractivity contribution in [2.45, 2.75) is 12.5 Å². The van der Waals surface area contributed by atoms with E-state index >= 15 is 0 Å². The van der Waals surface area contributed by atoms with Crippen LogP contribution in [0.3, 0.4) is 0 Å². The van der Waals surface area contributed by atoms with Gasteiger partial charge in [-0.2, -0.15) is 5.26 Å². The Morgan fingerprint density at radius 1 is 1.00 bits per heavy atom. The quantitative estimate of drug-likeness (QED) is 0.456. The van der Waals surface area contributed by atoms with Crippen molar-refractivity contribution in [2.24, 2.45) is 0 Å². The van der Waals surface area contributed by atoms with Gasteiger partial charge in [0.2, 0.25) is 0 Å². The van der Waals surface area contributed by atoms with Crippen molar-refractivity contribution >= 4 is 28.9 Å². The van der Waals surface area contributed by atoms with Crippen LogP contribution >= 0.6 is 23.2 Å². The molecule has 176 valence electrons. The first kappa shape index (κ1) is 24.4. The van der Waals surface area contributed by atoms with Crippen LogP contribution in [0.4, 0.5) is 5.69 Å². The summed E-state index contributed by atoms with van der Waals surface area (Å²) in [6, 6.07) is 23.8. The van der Waals surface area contributed by atoms with Crippen LogP contribution in [0, 0.1) is 11.3 Å². The summed E-state index contributed by atoms with van der Waals surface area (Å²) in [5.41, 5.74) is 4.06. The molecule has 1 aliphatic rings. The molecule has 1 heterocycles. The van der Waals surface area contributed by atoms with Gasteiger partial charge in [0.05, 0.1) is 35.0 Å². The van der Waals surface area contributed by atoms with Gasteiger partial charge in [0.15, 0.2) is 0 Å². The number of piperazine rings is 1. The number of aliphatic hydroxyl groups is 1. The number of rotatable bonds is 8. The van der Waals surface area contributed by atoms with Gasteiger partial charge in [-0.3, -0.25) is 4.90 Å². The van der Waals surface area contributed by atoms with Crippen molar-refractivity contribution in [1.29, 1.82) is 5.26 Å². The summed E-state index contributed by atoms with van der Waals surface area (Å²) in [6.07, 6.45) is 0.927. The van der Waals surface area contributed by atoms with Gasteiger partial charge in [-0.25, -0.2) is 0 Å². The van der Waals surface area contributed by atoms with Crippen LogP contribution < -0.4 is 9.64 Å². The number of ether oxygens (including phenoxy) is 1. The van der Waals surface area contributed by atoms with Gasteiger partial charge in [0, 0.05) is 37.3 Å². The number of halogens is 2. The highest BCUT2D eigenvalue weighted by molar-refractivity contribution is 6.33. The maximum absolute atomic E-state index is 9.01. The molecule has 0 bridgehead atoms.